The lowest BCUT2D eigenvalue weighted by molar-refractivity contribution is -0.140. The van der Waals surface area contributed by atoms with Crippen LogP contribution in [0.4, 0.5) is 18.9 Å². The molecule has 3 aliphatic rings. The summed E-state index contributed by atoms with van der Waals surface area (Å²) >= 11 is 0. The molecule has 1 aromatic rings. The summed E-state index contributed by atoms with van der Waals surface area (Å²) in [6, 6.07) is -0.566. The highest BCUT2D eigenvalue weighted by Gasteiger charge is 2.69. The van der Waals surface area contributed by atoms with Crippen LogP contribution >= 0.6 is 0 Å². The predicted octanol–water partition coefficient (Wildman–Crippen LogP) is 1.13. The molecule has 2 aliphatic heterocycles. The highest BCUT2D eigenvalue weighted by atomic mass is 19.1. The zero-order valence-corrected chi connectivity index (χ0v) is 20.9. The van der Waals surface area contributed by atoms with E-state index in [9.17, 15) is 32.3 Å². The Labute approximate surface area is 212 Å². The molecular weight excluding hydrogens is 491 g/mol. The van der Waals surface area contributed by atoms with Crippen LogP contribution in [-0.4, -0.2) is 60.2 Å². The van der Waals surface area contributed by atoms with Gasteiger partial charge in [0.05, 0.1) is 12.5 Å². The molecule has 0 aromatic heterocycles. The highest BCUT2D eigenvalue weighted by molar-refractivity contribution is 5.92. The summed E-state index contributed by atoms with van der Waals surface area (Å²) in [4.78, 5) is 52.1. The van der Waals surface area contributed by atoms with Crippen molar-refractivity contribution in [2.45, 2.75) is 45.7 Å². The fraction of sp³-hybridized carbons (Fsp3) is 0.600. The number of piperidine rings is 1. The summed E-state index contributed by atoms with van der Waals surface area (Å²) in [5.41, 5.74) is 4.68. The first kappa shape index (κ1) is 26.7. The monoisotopic (exact) mass is 523 g/mol. The van der Waals surface area contributed by atoms with Gasteiger partial charge in [-0.1, -0.05) is 20.8 Å². The Balaban J connectivity index is 1.49. The van der Waals surface area contributed by atoms with Gasteiger partial charge in [-0.05, 0) is 30.1 Å². The number of likely N-dealkylation sites (tertiary alicyclic amines) is 1. The number of primary amides is 1. The molecule has 3 fully saturated rings. The van der Waals surface area contributed by atoms with E-state index < -0.39 is 65.4 Å². The second-order valence-electron chi connectivity index (χ2n) is 10.9. The Morgan fingerprint density at radius 2 is 1.86 bits per heavy atom. The third kappa shape index (κ3) is 5.10. The molecule has 1 aromatic carbocycles. The molecule has 0 bridgehead atoms. The fourth-order valence-corrected chi connectivity index (χ4v) is 5.85. The number of benzene rings is 1. The predicted molar refractivity (Wildman–Crippen MR) is 127 cm³/mol. The van der Waals surface area contributed by atoms with Crippen molar-refractivity contribution in [3.05, 3.63) is 29.6 Å². The van der Waals surface area contributed by atoms with Gasteiger partial charge in [-0.25, -0.2) is 13.2 Å². The summed E-state index contributed by atoms with van der Waals surface area (Å²) in [5, 5.41) is 7.98. The van der Waals surface area contributed by atoms with E-state index >= 15 is 0 Å². The van der Waals surface area contributed by atoms with Crippen LogP contribution in [0.2, 0.25) is 0 Å². The molecule has 4 amide bonds. The minimum atomic E-state index is -1.18. The Bertz CT molecular complexity index is 1110. The third-order valence-corrected chi connectivity index (χ3v) is 8.30. The number of carbonyl (C=O) groups is 4. The molecule has 1 aliphatic carbocycles. The number of anilines is 1. The van der Waals surface area contributed by atoms with E-state index in [-0.39, 0.29) is 42.0 Å². The molecule has 5 N–H and O–H groups in total. The quantitative estimate of drug-likeness (QED) is 0.385. The molecular formula is C25H32F3N5O4. The number of nitrogens with two attached hydrogens (primary N) is 1. The number of fused-ring (bicyclic) bond motifs is 1. The zero-order valence-electron chi connectivity index (χ0n) is 20.9. The maximum Gasteiger partial charge on any atom is 0.243 e. The number of nitrogens with one attached hydrogen (secondary N) is 3. The first-order valence-electron chi connectivity index (χ1n) is 12.4. The first-order chi connectivity index (χ1) is 17.3. The van der Waals surface area contributed by atoms with Crippen LogP contribution < -0.4 is 21.7 Å². The number of rotatable bonds is 9. The average molecular weight is 524 g/mol. The molecule has 4 unspecified atom stereocenters. The van der Waals surface area contributed by atoms with E-state index in [1.165, 1.54) is 4.90 Å². The summed E-state index contributed by atoms with van der Waals surface area (Å²) < 4.78 is 41.2. The normalized spacial score (nSPS) is 27.2. The Kier molecular flexibility index (Phi) is 7.13. The summed E-state index contributed by atoms with van der Waals surface area (Å²) in [5.74, 6) is -6.45. The van der Waals surface area contributed by atoms with Gasteiger partial charge in [0.25, 0.3) is 0 Å². The lowest BCUT2D eigenvalue weighted by Gasteiger charge is -2.33. The second-order valence-corrected chi connectivity index (χ2v) is 10.9. The van der Waals surface area contributed by atoms with E-state index in [4.69, 9.17) is 5.73 Å². The van der Waals surface area contributed by atoms with Gasteiger partial charge in [-0.2, -0.15) is 0 Å². The Morgan fingerprint density at radius 3 is 2.43 bits per heavy atom. The van der Waals surface area contributed by atoms with E-state index in [1.807, 2.05) is 13.8 Å². The van der Waals surface area contributed by atoms with Crippen molar-refractivity contribution in [3.63, 3.8) is 0 Å². The number of carbonyl (C=O) groups excluding carboxylic acids is 4. The largest absolute Gasteiger partial charge is 0.371 e. The number of hydrogen-bond donors (Lipinski definition) is 4. The molecule has 6 atom stereocenters. The second kappa shape index (κ2) is 9.86. The van der Waals surface area contributed by atoms with Crippen LogP contribution in [-0.2, 0) is 19.2 Å². The van der Waals surface area contributed by atoms with Gasteiger partial charge in [-0.3, -0.25) is 19.2 Å². The van der Waals surface area contributed by atoms with Crippen LogP contribution in [0.15, 0.2) is 12.1 Å². The van der Waals surface area contributed by atoms with Crippen molar-refractivity contribution < 1.29 is 32.3 Å². The smallest absolute Gasteiger partial charge is 0.243 e. The first-order valence-corrected chi connectivity index (χ1v) is 12.4. The lowest BCUT2D eigenvalue weighted by Crippen LogP contribution is -2.55. The van der Waals surface area contributed by atoms with Gasteiger partial charge < -0.3 is 26.6 Å². The van der Waals surface area contributed by atoms with Crippen LogP contribution in [0.3, 0.4) is 0 Å². The molecule has 202 valence electrons. The molecule has 2 heterocycles. The Morgan fingerprint density at radius 1 is 1.22 bits per heavy atom. The number of amides is 4. The molecule has 0 radical (unpaired) electrons. The molecule has 9 nitrogen and oxygen atoms in total. The van der Waals surface area contributed by atoms with Gasteiger partial charge in [0.1, 0.15) is 17.5 Å². The van der Waals surface area contributed by atoms with Crippen molar-refractivity contribution in [1.29, 1.82) is 0 Å². The van der Waals surface area contributed by atoms with E-state index in [1.54, 1.807) is 6.92 Å². The average Bonchev–Trinajstić information content (AvgIpc) is 3.17. The third-order valence-electron chi connectivity index (χ3n) is 8.30. The van der Waals surface area contributed by atoms with E-state index in [2.05, 4.69) is 16.0 Å². The standard InChI is InChI=1S/C25H32F3N5O4/c1-11(22(29)35)17(6-12-4-5-30-23(12)36)32-24(37)21-19-14(25(19,2)3)10-33(21)18(34)9-31-20-15(27)7-13(26)8-16(20)28/h7-8,11-12,14,17,19,21,31H,4-6,9-10H2,1-3H3,(H2,29,35)(H,30,36)(H,32,37)/t11?,12-,14?,17?,19?,21-/m0/s1. The van der Waals surface area contributed by atoms with E-state index in [0.717, 1.165) is 0 Å². The fourth-order valence-electron chi connectivity index (χ4n) is 5.85. The van der Waals surface area contributed by atoms with Gasteiger partial charge >= 0.3 is 0 Å². The topological polar surface area (TPSA) is 134 Å². The maximum atomic E-state index is 14.0. The SMILES string of the molecule is CC(C(N)=O)C(C[C@@H]1CCNC1=O)NC(=O)[C@@H]1C2C(CN1C(=O)CNc1c(F)cc(F)cc1F)C2(C)C. The van der Waals surface area contributed by atoms with Crippen LogP contribution in [0.1, 0.15) is 33.6 Å². The Hall–Kier alpha value is -3.31. The summed E-state index contributed by atoms with van der Waals surface area (Å²) in [6.45, 7) is 5.87. The molecule has 2 saturated heterocycles. The highest BCUT2D eigenvalue weighted by Crippen LogP contribution is 2.64. The van der Waals surface area contributed by atoms with Crippen molar-refractivity contribution >= 4 is 29.3 Å². The number of hydrogen-bond acceptors (Lipinski definition) is 5. The molecule has 4 rings (SSSR count). The molecule has 12 heteroatoms. The van der Waals surface area contributed by atoms with Crippen molar-refractivity contribution in [1.82, 2.24) is 15.5 Å². The van der Waals surface area contributed by atoms with Gasteiger partial charge in [0.2, 0.25) is 23.6 Å². The number of halogens is 3. The van der Waals surface area contributed by atoms with Crippen molar-refractivity contribution in [3.8, 4) is 0 Å². The molecule has 37 heavy (non-hydrogen) atoms. The lowest BCUT2D eigenvalue weighted by atomic mass is 9.89. The molecule has 0 spiro atoms. The van der Waals surface area contributed by atoms with Crippen LogP contribution in [0.5, 0.6) is 0 Å². The molecule has 1 saturated carbocycles. The maximum absolute atomic E-state index is 14.0. The van der Waals surface area contributed by atoms with Gasteiger partial charge in [-0.15, -0.1) is 0 Å². The minimum Gasteiger partial charge on any atom is -0.371 e. The summed E-state index contributed by atoms with van der Waals surface area (Å²) in [6.07, 6.45) is 0.801. The van der Waals surface area contributed by atoms with Crippen molar-refractivity contribution in [2.75, 3.05) is 25.0 Å². The van der Waals surface area contributed by atoms with Crippen LogP contribution in [0.25, 0.3) is 0 Å². The van der Waals surface area contributed by atoms with Gasteiger partial charge in [0, 0.05) is 37.2 Å². The zero-order chi connectivity index (χ0) is 27.2. The summed E-state index contributed by atoms with van der Waals surface area (Å²) in [7, 11) is 0. The number of nitrogens with zero attached hydrogens (tertiary/aromatic N) is 1. The van der Waals surface area contributed by atoms with E-state index in [0.29, 0.717) is 25.1 Å². The van der Waals surface area contributed by atoms with Crippen molar-refractivity contribution in [2.24, 2.45) is 34.8 Å². The van der Waals surface area contributed by atoms with Gasteiger partial charge in [0.15, 0.2) is 11.6 Å². The van der Waals surface area contributed by atoms with Crippen LogP contribution in [0, 0.1) is 46.5 Å². The minimum absolute atomic E-state index is 0.0547.